The van der Waals surface area contributed by atoms with E-state index in [1.807, 2.05) is 0 Å². The molecule has 60 valence electrons. The maximum Gasteiger partial charge on any atom is -0.00384 e. The van der Waals surface area contributed by atoms with Gasteiger partial charge in [0.1, 0.15) is 0 Å². The van der Waals surface area contributed by atoms with E-state index < -0.39 is 0 Å². The van der Waals surface area contributed by atoms with Gasteiger partial charge in [-0.25, -0.2) is 0 Å². The van der Waals surface area contributed by atoms with Gasteiger partial charge in [0, 0.05) is 0 Å². The maximum atomic E-state index is 3.37. The minimum atomic E-state index is 1.02. The Bertz CT molecular complexity index is 79.3. The summed E-state index contributed by atoms with van der Waals surface area (Å²) in [7, 11) is 0. The van der Waals surface area contributed by atoms with Crippen LogP contribution in [0, 0.1) is 5.92 Å². The van der Waals surface area contributed by atoms with Crippen molar-refractivity contribution in [2.45, 2.75) is 19.8 Å². The average molecular weight is 159 g/mol. The van der Waals surface area contributed by atoms with Gasteiger partial charge in [-0.3, -0.25) is 0 Å². The second-order valence-electron chi connectivity index (χ2n) is 2.87. The van der Waals surface area contributed by atoms with Crippen molar-refractivity contribution in [1.29, 1.82) is 0 Å². The molecule has 1 atom stereocenters. The van der Waals surface area contributed by atoms with E-state index in [0.29, 0.717) is 0 Å². The van der Waals surface area contributed by atoms with Gasteiger partial charge >= 0.3 is 0 Å². The smallest absolute Gasteiger partial charge is 0.00384 e. The van der Waals surface area contributed by atoms with Gasteiger partial charge in [-0.1, -0.05) is 6.92 Å². The molecule has 0 radical (unpaired) electrons. The lowest BCUT2D eigenvalue weighted by Gasteiger charge is -2.06. The van der Waals surface area contributed by atoms with Crippen LogP contribution in [0.4, 0.5) is 0 Å². The summed E-state index contributed by atoms with van der Waals surface area (Å²) in [6.45, 7) is 4.52. The van der Waals surface area contributed by atoms with Gasteiger partial charge < -0.3 is 5.32 Å². The van der Waals surface area contributed by atoms with E-state index in [1.165, 1.54) is 30.9 Å². The molecule has 1 aliphatic rings. The summed E-state index contributed by atoms with van der Waals surface area (Å²) in [5.41, 5.74) is 0. The monoisotopic (exact) mass is 159 g/mol. The van der Waals surface area contributed by atoms with Crippen molar-refractivity contribution >= 4 is 11.8 Å². The lowest BCUT2D eigenvalue weighted by molar-refractivity contribution is 0.517. The summed E-state index contributed by atoms with van der Waals surface area (Å²) in [6.07, 6.45) is 2.84. The van der Waals surface area contributed by atoms with Gasteiger partial charge in [-0.05, 0) is 43.4 Å². The average Bonchev–Trinajstić information content (AvgIpc) is 2.41. The highest BCUT2D eigenvalue weighted by molar-refractivity contribution is 7.99. The number of thioether (sulfide) groups is 1. The second kappa shape index (κ2) is 5.03. The Kier molecular flexibility index (Phi) is 4.23. The third kappa shape index (κ3) is 2.93. The molecule has 1 aliphatic heterocycles. The highest BCUT2D eigenvalue weighted by atomic mass is 32.2. The fraction of sp³-hybridized carbons (Fsp3) is 1.00. The Morgan fingerprint density at radius 2 is 2.50 bits per heavy atom. The maximum absolute atomic E-state index is 3.37. The molecule has 0 saturated carbocycles. The first-order valence-electron chi connectivity index (χ1n) is 4.22. The first-order chi connectivity index (χ1) is 4.93. The highest BCUT2D eigenvalue weighted by Gasteiger charge is 2.13. The van der Waals surface area contributed by atoms with E-state index in [1.54, 1.807) is 0 Å². The van der Waals surface area contributed by atoms with Crippen molar-refractivity contribution in [3.8, 4) is 0 Å². The molecule has 0 bridgehead atoms. The first kappa shape index (κ1) is 8.41. The molecule has 2 heteroatoms. The zero-order chi connectivity index (χ0) is 7.23. The molecule has 1 fully saturated rings. The molecule has 0 aromatic carbocycles. The van der Waals surface area contributed by atoms with Crippen LogP contribution >= 0.6 is 11.8 Å². The summed E-state index contributed by atoms with van der Waals surface area (Å²) in [4.78, 5) is 0. The predicted molar refractivity (Wildman–Crippen MR) is 48.6 cm³/mol. The van der Waals surface area contributed by atoms with Crippen LogP contribution in [0.1, 0.15) is 19.8 Å². The van der Waals surface area contributed by atoms with Crippen molar-refractivity contribution in [3.05, 3.63) is 0 Å². The topological polar surface area (TPSA) is 12.0 Å². The summed E-state index contributed by atoms with van der Waals surface area (Å²) in [5.74, 6) is 3.83. The number of hydrogen-bond acceptors (Lipinski definition) is 2. The SMILES string of the molecule is CCNCCC1CCSC1. The second-order valence-corrected chi connectivity index (χ2v) is 4.02. The summed E-state index contributed by atoms with van der Waals surface area (Å²) >= 11 is 2.11. The molecular weight excluding hydrogens is 142 g/mol. The fourth-order valence-corrected chi connectivity index (χ4v) is 2.63. The van der Waals surface area contributed by atoms with E-state index in [-0.39, 0.29) is 0 Å². The fourth-order valence-electron chi connectivity index (χ4n) is 1.29. The van der Waals surface area contributed by atoms with Crippen LogP contribution < -0.4 is 5.32 Å². The third-order valence-electron chi connectivity index (χ3n) is 2.00. The van der Waals surface area contributed by atoms with E-state index in [0.717, 1.165) is 12.5 Å². The largest absolute Gasteiger partial charge is 0.317 e. The molecule has 1 rings (SSSR count). The lowest BCUT2D eigenvalue weighted by Crippen LogP contribution is -2.17. The van der Waals surface area contributed by atoms with Crippen LogP contribution in [0.2, 0.25) is 0 Å². The van der Waals surface area contributed by atoms with Crippen LogP contribution in [0.5, 0.6) is 0 Å². The van der Waals surface area contributed by atoms with Crippen molar-refractivity contribution in [2.75, 3.05) is 24.6 Å². The highest BCUT2D eigenvalue weighted by Crippen LogP contribution is 2.25. The normalized spacial score (nSPS) is 25.5. The van der Waals surface area contributed by atoms with Crippen LogP contribution in [0.3, 0.4) is 0 Å². The third-order valence-corrected chi connectivity index (χ3v) is 3.23. The minimum absolute atomic E-state index is 1.02. The van der Waals surface area contributed by atoms with Crippen molar-refractivity contribution in [3.63, 3.8) is 0 Å². The molecule has 10 heavy (non-hydrogen) atoms. The summed E-state index contributed by atoms with van der Waals surface area (Å²) in [6, 6.07) is 0. The van der Waals surface area contributed by atoms with Crippen molar-refractivity contribution in [1.82, 2.24) is 5.32 Å². The predicted octanol–water partition coefficient (Wildman–Crippen LogP) is 1.74. The van der Waals surface area contributed by atoms with Crippen LogP contribution in [-0.2, 0) is 0 Å². The zero-order valence-electron chi connectivity index (χ0n) is 6.73. The number of rotatable bonds is 4. The van der Waals surface area contributed by atoms with Crippen LogP contribution in [-0.4, -0.2) is 24.6 Å². The molecule has 1 saturated heterocycles. The molecule has 1 heterocycles. The summed E-state index contributed by atoms with van der Waals surface area (Å²) < 4.78 is 0. The molecule has 0 aromatic heterocycles. The number of hydrogen-bond donors (Lipinski definition) is 1. The van der Waals surface area contributed by atoms with Gasteiger partial charge in [0.05, 0.1) is 0 Å². The van der Waals surface area contributed by atoms with Gasteiger partial charge in [-0.15, -0.1) is 0 Å². The van der Waals surface area contributed by atoms with E-state index in [4.69, 9.17) is 0 Å². The van der Waals surface area contributed by atoms with Crippen LogP contribution in [0.25, 0.3) is 0 Å². The molecule has 0 amide bonds. The minimum Gasteiger partial charge on any atom is -0.317 e. The Hall–Kier alpha value is 0.310. The Morgan fingerprint density at radius 1 is 1.60 bits per heavy atom. The van der Waals surface area contributed by atoms with E-state index in [2.05, 4.69) is 24.0 Å². The van der Waals surface area contributed by atoms with E-state index >= 15 is 0 Å². The Labute approximate surface area is 68.0 Å². The number of nitrogens with one attached hydrogen (secondary N) is 1. The van der Waals surface area contributed by atoms with Gasteiger partial charge in [-0.2, -0.15) is 11.8 Å². The molecule has 1 nitrogen and oxygen atoms in total. The lowest BCUT2D eigenvalue weighted by atomic mass is 10.1. The molecular formula is C8H17NS. The van der Waals surface area contributed by atoms with Gasteiger partial charge in [0.15, 0.2) is 0 Å². The van der Waals surface area contributed by atoms with Crippen LogP contribution in [0.15, 0.2) is 0 Å². The van der Waals surface area contributed by atoms with Crippen molar-refractivity contribution in [2.24, 2.45) is 5.92 Å². The summed E-state index contributed by atoms with van der Waals surface area (Å²) in [5, 5.41) is 3.37. The molecule has 0 spiro atoms. The van der Waals surface area contributed by atoms with E-state index in [9.17, 15) is 0 Å². The molecule has 0 aromatic rings. The van der Waals surface area contributed by atoms with Crippen molar-refractivity contribution < 1.29 is 0 Å². The quantitative estimate of drug-likeness (QED) is 0.627. The Balaban J connectivity index is 1.91. The zero-order valence-corrected chi connectivity index (χ0v) is 7.54. The standard InChI is InChI=1S/C8H17NS/c1-2-9-5-3-8-4-6-10-7-8/h8-9H,2-7H2,1H3. The Morgan fingerprint density at radius 3 is 3.10 bits per heavy atom. The van der Waals surface area contributed by atoms with Gasteiger partial charge in [0.2, 0.25) is 0 Å². The molecule has 1 N–H and O–H groups in total. The first-order valence-corrected chi connectivity index (χ1v) is 5.37. The molecule has 1 unspecified atom stereocenters. The van der Waals surface area contributed by atoms with Gasteiger partial charge in [0.25, 0.3) is 0 Å². The molecule has 0 aliphatic carbocycles.